The zero-order valence-electron chi connectivity index (χ0n) is 18.5. The molecule has 2 aliphatic heterocycles. The lowest BCUT2D eigenvalue weighted by molar-refractivity contribution is -0.109. The van der Waals surface area contributed by atoms with Gasteiger partial charge in [0.15, 0.2) is 0 Å². The van der Waals surface area contributed by atoms with Crippen LogP contribution < -0.4 is 10.6 Å². The van der Waals surface area contributed by atoms with E-state index in [0.717, 1.165) is 59.8 Å². The van der Waals surface area contributed by atoms with Gasteiger partial charge in [0, 0.05) is 46.0 Å². The van der Waals surface area contributed by atoms with Crippen molar-refractivity contribution in [1.82, 2.24) is 9.97 Å². The second-order valence-corrected chi connectivity index (χ2v) is 8.13. The molecule has 2 N–H and O–H groups in total. The normalized spacial score (nSPS) is 14.8. The van der Waals surface area contributed by atoms with Crippen molar-refractivity contribution in [3.8, 4) is 0 Å². The van der Waals surface area contributed by atoms with E-state index in [1.807, 2.05) is 6.07 Å². The number of nitrogens with one attached hydrogen (secondary N) is 2. The van der Waals surface area contributed by atoms with Crippen molar-refractivity contribution in [3.05, 3.63) is 45.2 Å². The molecule has 0 amide bonds. The summed E-state index contributed by atoms with van der Waals surface area (Å²) in [5, 5.41) is 6.57. The highest BCUT2D eigenvalue weighted by molar-refractivity contribution is 9.10. The van der Waals surface area contributed by atoms with Crippen molar-refractivity contribution in [2.45, 2.75) is 38.3 Å². The molecule has 31 heavy (non-hydrogen) atoms. The molecule has 0 aliphatic carbocycles. The molecule has 0 unspecified atom stereocenters. The molecule has 170 valence electrons. The van der Waals surface area contributed by atoms with Crippen molar-refractivity contribution in [3.63, 3.8) is 0 Å². The van der Waals surface area contributed by atoms with Crippen LogP contribution in [0.15, 0.2) is 22.7 Å². The van der Waals surface area contributed by atoms with Gasteiger partial charge in [-0.05, 0) is 64.9 Å². The number of nitrogens with zero attached hydrogens (tertiary/aromatic N) is 2. The van der Waals surface area contributed by atoms with Crippen molar-refractivity contribution in [2.75, 3.05) is 52.2 Å². The Kier molecular flexibility index (Phi) is 9.03. The third kappa shape index (κ3) is 5.93. The number of hydrogen-bond acceptors (Lipinski definition) is 8. The Balaban J connectivity index is 0.000000176. The maximum Gasteiger partial charge on any atom is 0.201 e. The highest BCUT2D eigenvalue weighted by Gasteiger charge is 2.19. The van der Waals surface area contributed by atoms with Gasteiger partial charge < -0.3 is 29.6 Å². The van der Waals surface area contributed by atoms with Crippen molar-refractivity contribution >= 4 is 27.6 Å². The molecule has 2 aliphatic rings. The van der Waals surface area contributed by atoms with Crippen LogP contribution in [0, 0.1) is 0 Å². The van der Waals surface area contributed by atoms with Crippen LogP contribution in [-0.2, 0) is 31.8 Å². The highest BCUT2D eigenvalue weighted by Crippen LogP contribution is 2.30. The molecule has 2 aromatic heterocycles. The van der Waals surface area contributed by atoms with Crippen LogP contribution in [0.5, 0.6) is 0 Å². The SMILES string of the molecule is COC(OC)c1ccc2c(n1)NCCC2.COC(OC)c1nc2c(cc1Br)CCCN2. The van der Waals surface area contributed by atoms with Gasteiger partial charge >= 0.3 is 0 Å². The van der Waals surface area contributed by atoms with E-state index in [1.54, 1.807) is 28.4 Å². The molecule has 0 radical (unpaired) electrons. The van der Waals surface area contributed by atoms with Crippen LogP contribution in [0.1, 0.15) is 47.9 Å². The van der Waals surface area contributed by atoms with E-state index in [2.05, 4.69) is 48.7 Å². The van der Waals surface area contributed by atoms with Gasteiger partial charge in [0.2, 0.25) is 12.6 Å². The fourth-order valence-electron chi connectivity index (χ4n) is 3.67. The third-order valence-electron chi connectivity index (χ3n) is 5.23. The Labute approximate surface area is 192 Å². The topological polar surface area (TPSA) is 86.8 Å². The number of rotatable bonds is 6. The van der Waals surface area contributed by atoms with Gasteiger partial charge in [0.25, 0.3) is 0 Å². The lowest BCUT2D eigenvalue weighted by Gasteiger charge is -2.21. The molecule has 0 saturated heterocycles. The summed E-state index contributed by atoms with van der Waals surface area (Å²) in [6, 6.07) is 6.15. The van der Waals surface area contributed by atoms with Crippen LogP contribution in [0.2, 0.25) is 0 Å². The number of hydrogen-bond donors (Lipinski definition) is 2. The summed E-state index contributed by atoms with van der Waals surface area (Å²) in [4.78, 5) is 9.04. The van der Waals surface area contributed by atoms with Gasteiger partial charge in [-0.3, -0.25) is 0 Å². The molecule has 0 spiro atoms. The van der Waals surface area contributed by atoms with Crippen LogP contribution in [0.3, 0.4) is 0 Å². The van der Waals surface area contributed by atoms with E-state index < -0.39 is 6.29 Å². The van der Waals surface area contributed by atoms with Crippen LogP contribution in [0.4, 0.5) is 11.6 Å². The molecule has 0 bridgehead atoms. The first kappa shape index (κ1) is 23.9. The van der Waals surface area contributed by atoms with Crippen molar-refractivity contribution < 1.29 is 18.9 Å². The Morgan fingerprint density at radius 2 is 1.39 bits per heavy atom. The van der Waals surface area contributed by atoms with E-state index >= 15 is 0 Å². The summed E-state index contributed by atoms with van der Waals surface area (Å²) < 4.78 is 21.7. The monoisotopic (exact) mass is 494 g/mol. The number of fused-ring (bicyclic) bond motifs is 2. The van der Waals surface area contributed by atoms with Gasteiger partial charge in [-0.1, -0.05) is 6.07 Å². The summed E-state index contributed by atoms with van der Waals surface area (Å²) in [6.07, 6.45) is 3.69. The molecule has 0 fully saturated rings. The molecule has 9 heteroatoms. The van der Waals surface area contributed by atoms with Gasteiger partial charge in [0.05, 0.1) is 5.69 Å². The molecule has 2 aromatic rings. The number of pyridine rings is 2. The Bertz CT molecular complexity index is 860. The summed E-state index contributed by atoms with van der Waals surface area (Å²) in [5.74, 6) is 1.92. The van der Waals surface area contributed by atoms with E-state index in [9.17, 15) is 0 Å². The molecule has 4 rings (SSSR count). The van der Waals surface area contributed by atoms with E-state index in [1.165, 1.54) is 17.5 Å². The molecular weight excluding hydrogens is 464 g/mol. The summed E-state index contributed by atoms with van der Waals surface area (Å²) >= 11 is 3.51. The lowest BCUT2D eigenvalue weighted by Crippen LogP contribution is -2.16. The summed E-state index contributed by atoms with van der Waals surface area (Å²) in [7, 11) is 6.44. The first-order valence-electron chi connectivity index (χ1n) is 10.4. The molecular formula is C22H31BrN4O4. The van der Waals surface area contributed by atoms with Crippen LogP contribution >= 0.6 is 15.9 Å². The Morgan fingerprint density at radius 1 is 0.806 bits per heavy atom. The standard InChI is InChI=1S/C11H15BrN2O2.C11H16N2O2/c1-15-11(16-2)9-8(12)6-7-4-3-5-13-10(7)14-9;1-14-11(15-2)9-6-5-8-4-3-7-12-10(8)13-9/h6,11H,3-5H2,1-2H3,(H,13,14);5-6,11H,3-4,7H2,1-2H3,(H,12,13). The Hall–Kier alpha value is -1.78. The summed E-state index contributed by atoms with van der Waals surface area (Å²) in [6.45, 7) is 1.97. The van der Waals surface area contributed by atoms with Gasteiger partial charge in [-0.2, -0.15) is 0 Å². The van der Waals surface area contributed by atoms with Crippen LogP contribution in [-0.4, -0.2) is 51.5 Å². The number of methoxy groups -OCH3 is 4. The first-order chi connectivity index (χ1) is 15.1. The van der Waals surface area contributed by atoms with E-state index in [4.69, 9.17) is 18.9 Å². The quantitative estimate of drug-likeness (QED) is 0.577. The van der Waals surface area contributed by atoms with Crippen molar-refractivity contribution in [1.29, 1.82) is 0 Å². The maximum atomic E-state index is 5.21. The number of aromatic nitrogens is 2. The molecule has 0 saturated carbocycles. The van der Waals surface area contributed by atoms with E-state index in [0.29, 0.717) is 0 Å². The molecule has 0 atom stereocenters. The minimum absolute atomic E-state index is 0.376. The molecule has 4 heterocycles. The summed E-state index contributed by atoms with van der Waals surface area (Å²) in [5.41, 5.74) is 4.11. The second kappa shape index (κ2) is 11.7. The van der Waals surface area contributed by atoms with Gasteiger partial charge in [-0.15, -0.1) is 0 Å². The largest absolute Gasteiger partial charge is 0.370 e. The van der Waals surface area contributed by atoms with Crippen molar-refractivity contribution in [2.24, 2.45) is 0 Å². The Morgan fingerprint density at radius 3 is 2.00 bits per heavy atom. The number of aryl methyl sites for hydroxylation is 2. The predicted molar refractivity (Wildman–Crippen MR) is 123 cm³/mol. The molecule has 0 aromatic carbocycles. The fourth-order valence-corrected chi connectivity index (χ4v) is 4.22. The predicted octanol–water partition coefficient (Wildman–Crippen LogP) is 4.22. The maximum absolute atomic E-state index is 5.21. The lowest BCUT2D eigenvalue weighted by atomic mass is 10.1. The highest BCUT2D eigenvalue weighted by atomic mass is 79.9. The first-order valence-corrected chi connectivity index (χ1v) is 11.2. The number of anilines is 2. The second-order valence-electron chi connectivity index (χ2n) is 7.27. The zero-order chi connectivity index (χ0) is 22.2. The molecule has 8 nitrogen and oxygen atoms in total. The minimum Gasteiger partial charge on any atom is -0.370 e. The van der Waals surface area contributed by atoms with Gasteiger partial charge in [-0.25, -0.2) is 9.97 Å². The minimum atomic E-state index is -0.427. The average molecular weight is 495 g/mol. The van der Waals surface area contributed by atoms with Gasteiger partial charge in [0.1, 0.15) is 17.3 Å². The van der Waals surface area contributed by atoms with Crippen LogP contribution in [0.25, 0.3) is 0 Å². The smallest absolute Gasteiger partial charge is 0.201 e. The number of halogens is 1. The fraction of sp³-hybridized carbons (Fsp3) is 0.545. The number of ether oxygens (including phenoxy) is 4. The zero-order valence-corrected chi connectivity index (χ0v) is 20.1. The average Bonchev–Trinajstić information content (AvgIpc) is 2.81. The van der Waals surface area contributed by atoms with E-state index in [-0.39, 0.29) is 6.29 Å². The third-order valence-corrected chi connectivity index (χ3v) is 5.87.